The molecule has 0 aromatic heterocycles. The molecule has 3 aliphatic heterocycles. The minimum Gasteiger partial charge on any atom is -0.397 e. The van der Waals surface area contributed by atoms with Crippen LogP contribution in [0.4, 0.5) is 5.69 Å². The quantitative estimate of drug-likeness (QED) is 0.516. The Balaban J connectivity index is 1.56. The van der Waals surface area contributed by atoms with E-state index in [2.05, 4.69) is 51.6 Å². The third kappa shape index (κ3) is 2.39. The smallest absolute Gasteiger partial charge is 0.255 e. The molecule has 0 radical (unpaired) electrons. The van der Waals surface area contributed by atoms with Crippen LogP contribution in [0.2, 0.25) is 0 Å². The number of nitrogens with two attached hydrogens (primary N) is 1. The molecular formula is C21H24IN3O. The van der Waals surface area contributed by atoms with Crippen LogP contribution in [0.25, 0.3) is 10.8 Å². The highest BCUT2D eigenvalue weighted by atomic mass is 127. The van der Waals surface area contributed by atoms with E-state index in [9.17, 15) is 4.79 Å². The summed E-state index contributed by atoms with van der Waals surface area (Å²) in [6.45, 7) is 0.719. The second-order valence-electron chi connectivity index (χ2n) is 8.12. The van der Waals surface area contributed by atoms with Gasteiger partial charge in [0.1, 0.15) is 0 Å². The fourth-order valence-electron chi connectivity index (χ4n) is 5.39. The van der Waals surface area contributed by atoms with Gasteiger partial charge in [0.05, 0.1) is 5.69 Å². The predicted octanol–water partition coefficient (Wildman–Crippen LogP) is 4.00. The summed E-state index contributed by atoms with van der Waals surface area (Å²) in [5.74, 6) is 0.194. The zero-order chi connectivity index (χ0) is 18.0. The van der Waals surface area contributed by atoms with E-state index in [-0.39, 0.29) is 5.91 Å². The van der Waals surface area contributed by atoms with E-state index < -0.39 is 0 Å². The van der Waals surface area contributed by atoms with Crippen LogP contribution < -0.4 is 5.73 Å². The summed E-state index contributed by atoms with van der Waals surface area (Å²) in [5, 5.41) is 2.09. The molecule has 136 valence electrons. The van der Waals surface area contributed by atoms with Gasteiger partial charge in [0.15, 0.2) is 0 Å². The molecule has 26 heavy (non-hydrogen) atoms. The van der Waals surface area contributed by atoms with Crippen molar-refractivity contribution in [3.63, 3.8) is 0 Å². The van der Waals surface area contributed by atoms with Crippen LogP contribution in [0.5, 0.6) is 0 Å². The molecule has 2 fully saturated rings. The van der Waals surface area contributed by atoms with E-state index in [1.54, 1.807) is 0 Å². The van der Waals surface area contributed by atoms with Crippen molar-refractivity contribution in [2.45, 2.75) is 56.8 Å². The maximum Gasteiger partial charge on any atom is 0.255 e. The number of fused-ring (bicyclic) bond motifs is 2. The zero-order valence-electron chi connectivity index (χ0n) is 15.0. The summed E-state index contributed by atoms with van der Waals surface area (Å²) in [4.78, 5) is 18.2. The number of hydrogen-bond donors (Lipinski definition) is 1. The number of anilines is 1. The number of carbonyl (C=O) groups excluding carboxylic acids is 1. The number of rotatable bonds is 1. The first-order chi connectivity index (χ1) is 12.5. The Bertz CT molecular complexity index is 898. The van der Waals surface area contributed by atoms with Gasteiger partial charge in [0.25, 0.3) is 5.91 Å². The molecule has 0 saturated carbocycles. The Hall–Kier alpha value is -1.34. The molecule has 4 nitrogen and oxygen atoms in total. The van der Waals surface area contributed by atoms with Crippen LogP contribution in [0.15, 0.2) is 24.3 Å². The van der Waals surface area contributed by atoms with Crippen LogP contribution in [0.3, 0.4) is 0 Å². The van der Waals surface area contributed by atoms with Gasteiger partial charge in [-0.1, -0.05) is 24.6 Å². The lowest BCUT2D eigenvalue weighted by Gasteiger charge is -2.50. The Morgan fingerprint density at radius 1 is 1.15 bits per heavy atom. The largest absolute Gasteiger partial charge is 0.397 e. The number of benzene rings is 2. The van der Waals surface area contributed by atoms with Crippen molar-refractivity contribution in [1.82, 2.24) is 9.80 Å². The molecule has 0 aliphatic carbocycles. The summed E-state index contributed by atoms with van der Waals surface area (Å²) >= 11 is 2.25. The first-order valence-electron chi connectivity index (χ1n) is 9.57. The fraction of sp³-hybridized carbons (Fsp3) is 0.476. The topological polar surface area (TPSA) is 49.6 Å². The minimum atomic E-state index is 0.194. The van der Waals surface area contributed by atoms with Crippen molar-refractivity contribution in [1.29, 1.82) is 0 Å². The Labute approximate surface area is 167 Å². The SMILES string of the molecule is CN1[C@@H]2CCC[C@H]1CC(N1Cc3cccc4c(N)c(I)cc(c34)C1=O)C2. The van der Waals surface area contributed by atoms with Crippen LogP contribution in [0, 0.1) is 3.57 Å². The molecule has 2 aromatic rings. The van der Waals surface area contributed by atoms with Crippen LogP contribution in [-0.4, -0.2) is 40.9 Å². The predicted molar refractivity (Wildman–Crippen MR) is 113 cm³/mol. The van der Waals surface area contributed by atoms with Crippen molar-refractivity contribution < 1.29 is 4.79 Å². The van der Waals surface area contributed by atoms with Gasteiger partial charge in [0, 0.05) is 44.6 Å². The Kier molecular flexibility index (Phi) is 3.94. The van der Waals surface area contributed by atoms with Gasteiger partial charge in [-0.25, -0.2) is 0 Å². The normalized spacial score (nSPS) is 28.6. The maximum absolute atomic E-state index is 13.4. The second-order valence-corrected chi connectivity index (χ2v) is 9.28. The molecule has 3 atom stereocenters. The third-order valence-electron chi connectivity index (χ3n) is 6.83. The van der Waals surface area contributed by atoms with Gasteiger partial charge in [-0.05, 0) is 67.0 Å². The molecule has 1 unspecified atom stereocenters. The highest BCUT2D eigenvalue weighted by Crippen LogP contribution is 2.40. The summed E-state index contributed by atoms with van der Waals surface area (Å²) in [7, 11) is 2.27. The van der Waals surface area contributed by atoms with Gasteiger partial charge in [-0.15, -0.1) is 0 Å². The molecule has 2 N–H and O–H groups in total. The lowest BCUT2D eigenvalue weighted by molar-refractivity contribution is 0.00749. The molecule has 1 amide bonds. The number of halogens is 1. The standard InChI is InChI=1S/C21H24IN3O/c1-24-13-5-3-6-14(24)9-15(8-13)25-11-12-4-2-7-16-19(12)17(21(25)26)10-18(22)20(16)23/h2,4,7,10,13-15H,3,5-6,8-9,11,23H2,1H3/t13-,14+,15?. The van der Waals surface area contributed by atoms with Gasteiger partial charge in [-0.3, -0.25) is 4.79 Å². The number of piperidine rings is 2. The van der Waals surface area contributed by atoms with Gasteiger partial charge < -0.3 is 15.5 Å². The number of nitrogens with zero attached hydrogens (tertiary/aromatic N) is 2. The number of amides is 1. The number of nitrogen functional groups attached to an aromatic ring is 1. The van der Waals surface area contributed by atoms with Crippen molar-refractivity contribution in [3.05, 3.63) is 39.0 Å². The van der Waals surface area contributed by atoms with Gasteiger partial charge in [0.2, 0.25) is 0 Å². The van der Waals surface area contributed by atoms with Gasteiger partial charge in [-0.2, -0.15) is 0 Å². The molecule has 5 heteroatoms. The molecule has 2 saturated heterocycles. The van der Waals surface area contributed by atoms with E-state index in [1.807, 2.05) is 12.1 Å². The zero-order valence-corrected chi connectivity index (χ0v) is 17.2. The molecule has 5 rings (SSSR count). The van der Waals surface area contributed by atoms with Crippen molar-refractivity contribution in [2.75, 3.05) is 12.8 Å². The summed E-state index contributed by atoms with van der Waals surface area (Å²) < 4.78 is 0.970. The van der Waals surface area contributed by atoms with Crippen molar-refractivity contribution in [2.24, 2.45) is 0 Å². The van der Waals surface area contributed by atoms with Gasteiger partial charge >= 0.3 is 0 Å². The lowest BCUT2D eigenvalue weighted by atomic mass is 9.80. The number of carbonyl (C=O) groups is 1. The molecule has 3 heterocycles. The average Bonchev–Trinajstić information content (AvgIpc) is 2.61. The second kappa shape index (κ2) is 6.09. The van der Waals surface area contributed by atoms with E-state index in [0.717, 1.165) is 45.0 Å². The molecule has 0 spiro atoms. The van der Waals surface area contributed by atoms with E-state index in [1.165, 1.54) is 24.8 Å². The highest BCUT2D eigenvalue weighted by Gasteiger charge is 2.41. The average molecular weight is 461 g/mol. The van der Waals surface area contributed by atoms with Crippen molar-refractivity contribution in [3.8, 4) is 0 Å². The summed E-state index contributed by atoms with van der Waals surface area (Å²) in [6, 6.07) is 9.88. The fourth-order valence-corrected chi connectivity index (χ4v) is 6.00. The molecule has 2 bridgehead atoms. The lowest BCUT2D eigenvalue weighted by Crippen LogP contribution is -2.56. The Morgan fingerprint density at radius 3 is 2.62 bits per heavy atom. The van der Waals surface area contributed by atoms with Crippen molar-refractivity contribution >= 4 is 45.0 Å². The highest BCUT2D eigenvalue weighted by molar-refractivity contribution is 14.1. The Morgan fingerprint density at radius 2 is 1.88 bits per heavy atom. The van der Waals surface area contributed by atoms with E-state index in [0.29, 0.717) is 18.1 Å². The number of hydrogen-bond acceptors (Lipinski definition) is 3. The van der Waals surface area contributed by atoms with Crippen LogP contribution in [0.1, 0.15) is 48.0 Å². The third-order valence-corrected chi connectivity index (χ3v) is 7.72. The van der Waals surface area contributed by atoms with E-state index >= 15 is 0 Å². The first kappa shape index (κ1) is 16.8. The van der Waals surface area contributed by atoms with Crippen LogP contribution >= 0.6 is 22.6 Å². The monoisotopic (exact) mass is 461 g/mol. The summed E-state index contributed by atoms with van der Waals surface area (Å²) in [5.41, 5.74) is 9.17. The summed E-state index contributed by atoms with van der Waals surface area (Å²) in [6.07, 6.45) is 6.09. The first-order valence-corrected chi connectivity index (χ1v) is 10.6. The maximum atomic E-state index is 13.4. The molecule has 3 aliphatic rings. The molecule has 2 aromatic carbocycles. The minimum absolute atomic E-state index is 0.194. The van der Waals surface area contributed by atoms with E-state index in [4.69, 9.17) is 5.73 Å². The molecular weight excluding hydrogens is 437 g/mol. The van der Waals surface area contributed by atoms with Crippen LogP contribution in [-0.2, 0) is 6.54 Å².